The third-order valence-corrected chi connectivity index (χ3v) is 9.37. The van der Waals surface area contributed by atoms with Crippen LogP contribution in [0.15, 0.2) is 59.5 Å². The van der Waals surface area contributed by atoms with Gasteiger partial charge in [-0.3, -0.25) is 4.79 Å². The van der Waals surface area contributed by atoms with Gasteiger partial charge in [-0.15, -0.1) is 11.3 Å². The number of hydrogen-bond acceptors (Lipinski definition) is 5. The topological polar surface area (TPSA) is 70.6 Å². The van der Waals surface area contributed by atoms with Gasteiger partial charge in [-0.1, -0.05) is 38.1 Å². The number of carbonyl (C=O) groups is 1. The molecule has 0 aliphatic carbocycles. The maximum atomic E-state index is 12.7. The molecule has 0 saturated carbocycles. The smallest absolute Gasteiger partial charge is 0.246 e. The molecule has 2 aromatic carbocycles. The number of sulfonamides is 1. The Bertz CT molecular complexity index is 1200. The highest BCUT2D eigenvalue weighted by atomic mass is 32.2. The zero-order valence-electron chi connectivity index (χ0n) is 19.0. The van der Waals surface area contributed by atoms with Gasteiger partial charge in [-0.2, -0.15) is 4.31 Å². The van der Waals surface area contributed by atoms with Crippen molar-refractivity contribution in [2.75, 3.05) is 26.2 Å². The van der Waals surface area contributed by atoms with Crippen LogP contribution in [0.4, 0.5) is 0 Å². The maximum Gasteiger partial charge on any atom is 0.246 e. The molecular formula is C25H29N3O3S2. The van der Waals surface area contributed by atoms with E-state index in [1.807, 2.05) is 36.9 Å². The highest BCUT2D eigenvalue weighted by Gasteiger charge is 2.25. The van der Waals surface area contributed by atoms with Crippen LogP contribution < -0.4 is 0 Å². The average molecular weight is 484 g/mol. The SMILES string of the molecule is CCN(CC)S(=O)(=O)c1ccc(/C=C/C(=O)N2CCC(c3nc4ccccc4s3)CC2)cc1. The highest BCUT2D eigenvalue weighted by Crippen LogP contribution is 2.33. The van der Waals surface area contributed by atoms with Crippen LogP contribution in [0.5, 0.6) is 0 Å². The van der Waals surface area contributed by atoms with E-state index in [9.17, 15) is 13.2 Å². The van der Waals surface area contributed by atoms with Crippen molar-refractivity contribution in [1.29, 1.82) is 0 Å². The van der Waals surface area contributed by atoms with Crippen LogP contribution in [-0.2, 0) is 14.8 Å². The van der Waals surface area contributed by atoms with Gasteiger partial charge in [0.05, 0.1) is 20.1 Å². The first kappa shape index (κ1) is 23.6. The normalized spacial score (nSPS) is 15.7. The Kier molecular flexibility index (Phi) is 7.26. The summed E-state index contributed by atoms with van der Waals surface area (Å²) < 4.78 is 27.8. The molecule has 1 aromatic heterocycles. The molecule has 1 aliphatic rings. The third-order valence-electron chi connectivity index (χ3n) is 6.11. The minimum absolute atomic E-state index is 0.0161. The number of piperidine rings is 1. The van der Waals surface area contributed by atoms with Crippen LogP contribution in [0.25, 0.3) is 16.3 Å². The Morgan fingerprint density at radius 3 is 2.39 bits per heavy atom. The van der Waals surface area contributed by atoms with E-state index in [1.165, 1.54) is 14.0 Å². The van der Waals surface area contributed by atoms with E-state index in [4.69, 9.17) is 4.98 Å². The van der Waals surface area contributed by atoms with E-state index in [1.54, 1.807) is 47.8 Å². The van der Waals surface area contributed by atoms with E-state index >= 15 is 0 Å². The number of benzene rings is 2. The molecule has 174 valence electrons. The van der Waals surface area contributed by atoms with E-state index < -0.39 is 10.0 Å². The maximum absolute atomic E-state index is 12.7. The molecule has 1 amide bonds. The van der Waals surface area contributed by atoms with Crippen LogP contribution in [-0.4, -0.2) is 54.7 Å². The van der Waals surface area contributed by atoms with E-state index in [0.29, 0.717) is 32.1 Å². The van der Waals surface area contributed by atoms with Crippen molar-refractivity contribution in [2.24, 2.45) is 0 Å². The van der Waals surface area contributed by atoms with Gasteiger partial charge < -0.3 is 4.90 Å². The van der Waals surface area contributed by atoms with E-state index in [-0.39, 0.29) is 10.8 Å². The molecule has 0 unspecified atom stereocenters. The third kappa shape index (κ3) is 5.18. The van der Waals surface area contributed by atoms with Gasteiger partial charge in [-0.25, -0.2) is 13.4 Å². The average Bonchev–Trinajstić information content (AvgIpc) is 3.28. The summed E-state index contributed by atoms with van der Waals surface area (Å²) >= 11 is 1.75. The largest absolute Gasteiger partial charge is 0.339 e. The molecule has 0 N–H and O–H groups in total. The molecule has 0 bridgehead atoms. The van der Waals surface area contributed by atoms with Gasteiger partial charge in [-0.05, 0) is 48.7 Å². The molecule has 33 heavy (non-hydrogen) atoms. The van der Waals surface area contributed by atoms with Crippen LogP contribution in [0.3, 0.4) is 0 Å². The summed E-state index contributed by atoms with van der Waals surface area (Å²) in [6, 6.07) is 14.9. The first-order chi connectivity index (χ1) is 15.9. The molecule has 6 nitrogen and oxygen atoms in total. The predicted molar refractivity (Wildman–Crippen MR) is 134 cm³/mol. The van der Waals surface area contributed by atoms with Crippen LogP contribution in [0, 0.1) is 0 Å². The Labute approximate surface area is 199 Å². The fraction of sp³-hybridized carbons (Fsp3) is 0.360. The quantitative estimate of drug-likeness (QED) is 0.455. The molecular weight excluding hydrogens is 454 g/mol. The summed E-state index contributed by atoms with van der Waals surface area (Å²) in [6.07, 6.45) is 5.15. The molecule has 8 heteroatoms. The number of thiazole rings is 1. The fourth-order valence-corrected chi connectivity index (χ4v) is 6.74. The van der Waals surface area contributed by atoms with Gasteiger partial charge in [0.15, 0.2) is 0 Å². The second kappa shape index (κ2) is 10.2. The lowest BCUT2D eigenvalue weighted by molar-refractivity contribution is -0.126. The minimum Gasteiger partial charge on any atom is -0.339 e. The molecule has 0 radical (unpaired) electrons. The molecule has 1 aliphatic heterocycles. The van der Waals surface area contributed by atoms with E-state index in [2.05, 4.69) is 6.07 Å². The van der Waals surface area contributed by atoms with Crippen molar-refractivity contribution in [3.8, 4) is 0 Å². The lowest BCUT2D eigenvalue weighted by Crippen LogP contribution is -2.36. The Hall–Kier alpha value is -2.55. The van der Waals surface area contributed by atoms with Gasteiger partial charge >= 0.3 is 0 Å². The first-order valence-corrected chi connectivity index (χ1v) is 13.6. The summed E-state index contributed by atoms with van der Waals surface area (Å²) in [5.41, 5.74) is 1.85. The van der Waals surface area contributed by atoms with Crippen molar-refractivity contribution < 1.29 is 13.2 Å². The van der Waals surface area contributed by atoms with Gasteiger partial charge in [0.25, 0.3) is 0 Å². The second-order valence-corrected chi connectivity index (χ2v) is 11.1. The second-order valence-electron chi connectivity index (χ2n) is 8.11. The number of rotatable bonds is 7. The van der Waals surface area contributed by atoms with Crippen molar-refractivity contribution >= 4 is 43.6 Å². The summed E-state index contributed by atoms with van der Waals surface area (Å²) in [7, 11) is -3.47. The molecule has 1 fully saturated rings. The van der Waals surface area contributed by atoms with Crippen molar-refractivity contribution in [3.05, 3.63) is 65.2 Å². The summed E-state index contributed by atoms with van der Waals surface area (Å²) in [5.74, 6) is 0.383. The Morgan fingerprint density at radius 2 is 1.76 bits per heavy atom. The predicted octanol–water partition coefficient (Wildman–Crippen LogP) is 4.75. The number of aromatic nitrogens is 1. The number of amides is 1. The van der Waals surface area contributed by atoms with Crippen molar-refractivity contribution in [1.82, 2.24) is 14.2 Å². The molecule has 0 spiro atoms. The zero-order chi connectivity index (χ0) is 23.4. The molecule has 1 saturated heterocycles. The van der Waals surface area contributed by atoms with Crippen molar-refractivity contribution in [3.63, 3.8) is 0 Å². The number of fused-ring (bicyclic) bond motifs is 1. The van der Waals surface area contributed by atoms with Crippen LogP contribution in [0.1, 0.15) is 43.2 Å². The molecule has 3 aromatic rings. The minimum atomic E-state index is -3.47. The summed E-state index contributed by atoms with van der Waals surface area (Å²) in [4.78, 5) is 19.6. The number of likely N-dealkylation sites (tertiary alicyclic amines) is 1. The van der Waals surface area contributed by atoms with E-state index in [0.717, 1.165) is 23.9 Å². The lowest BCUT2D eigenvalue weighted by Gasteiger charge is -2.30. The summed E-state index contributed by atoms with van der Waals surface area (Å²) in [5, 5.41) is 1.17. The van der Waals surface area contributed by atoms with Gasteiger partial charge in [0, 0.05) is 38.2 Å². The first-order valence-electron chi connectivity index (χ1n) is 11.3. The lowest BCUT2D eigenvalue weighted by atomic mass is 9.97. The van der Waals surface area contributed by atoms with Gasteiger partial charge in [0.1, 0.15) is 0 Å². The Balaban J connectivity index is 1.34. The van der Waals surface area contributed by atoms with Crippen LogP contribution in [0.2, 0.25) is 0 Å². The Morgan fingerprint density at radius 1 is 1.09 bits per heavy atom. The zero-order valence-corrected chi connectivity index (χ0v) is 20.6. The monoisotopic (exact) mass is 483 g/mol. The fourth-order valence-electron chi connectivity index (χ4n) is 4.15. The number of carbonyl (C=O) groups excluding carboxylic acids is 1. The number of nitrogens with zero attached hydrogens (tertiary/aromatic N) is 3. The standard InChI is InChI=1S/C25H29N3O3S2/c1-3-28(4-2)33(30,31)21-12-9-19(10-13-21)11-14-24(29)27-17-15-20(16-18-27)25-26-22-7-5-6-8-23(22)32-25/h5-14,20H,3-4,15-18H2,1-2H3/b14-11+. The highest BCUT2D eigenvalue weighted by molar-refractivity contribution is 7.89. The number of para-hydroxylation sites is 1. The van der Waals surface area contributed by atoms with Crippen LogP contribution >= 0.6 is 11.3 Å². The summed E-state index contributed by atoms with van der Waals surface area (Å²) in [6.45, 7) is 5.95. The molecule has 4 rings (SSSR count). The number of hydrogen-bond donors (Lipinski definition) is 0. The van der Waals surface area contributed by atoms with Crippen molar-refractivity contribution in [2.45, 2.75) is 37.5 Å². The molecule has 2 heterocycles. The van der Waals surface area contributed by atoms with Gasteiger partial charge in [0.2, 0.25) is 15.9 Å². The molecule has 0 atom stereocenters.